The summed E-state index contributed by atoms with van der Waals surface area (Å²) in [5.41, 5.74) is -0.777. The van der Waals surface area contributed by atoms with Gasteiger partial charge in [0.2, 0.25) is 0 Å². The second kappa shape index (κ2) is 8.82. The van der Waals surface area contributed by atoms with Crippen molar-refractivity contribution in [3.05, 3.63) is 0 Å². The van der Waals surface area contributed by atoms with Crippen molar-refractivity contribution >= 4 is 17.7 Å². The molecule has 4 nitrogen and oxygen atoms in total. The molecule has 5 heteroatoms. The van der Waals surface area contributed by atoms with Gasteiger partial charge in [0.05, 0.1) is 6.10 Å². The molecule has 1 heterocycles. The highest BCUT2D eigenvalue weighted by Crippen LogP contribution is 2.20. The van der Waals surface area contributed by atoms with Gasteiger partial charge in [-0.2, -0.15) is 11.8 Å². The number of hydrogen-bond acceptors (Lipinski definition) is 4. The molecule has 19 heavy (non-hydrogen) atoms. The zero-order valence-corrected chi connectivity index (χ0v) is 12.9. The number of rotatable bonds is 10. The van der Waals surface area contributed by atoms with Crippen LogP contribution in [0.1, 0.15) is 46.0 Å². The van der Waals surface area contributed by atoms with Crippen LogP contribution in [0, 0.1) is 0 Å². The highest BCUT2D eigenvalue weighted by atomic mass is 32.2. The molecule has 0 aromatic rings. The van der Waals surface area contributed by atoms with Crippen molar-refractivity contribution < 1.29 is 14.6 Å². The molecular weight excluding hydrogens is 262 g/mol. The van der Waals surface area contributed by atoms with E-state index in [9.17, 15) is 9.90 Å². The lowest BCUT2D eigenvalue weighted by atomic mass is 9.96. The summed E-state index contributed by atoms with van der Waals surface area (Å²) >= 11 is 1.88. The topological polar surface area (TPSA) is 58.6 Å². The van der Waals surface area contributed by atoms with Crippen molar-refractivity contribution in [2.45, 2.75) is 57.6 Å². The fraction of sp³-hybridized carbons (Fsp3) is 0.929. The Morgan fingerprint density at radius 2 is 2.37 bits per heavy atom. The first kappa shape index (κ1) is 16.8. The van der Waals surface area contributed by atoms with Gasteiger partial charge in [0.1, 0.15) is 5.54 Å². The average Bonchev–Trinajstić information content (AvgIpc) is 2.89. The van der Waals surface area contributed by atoms with Crippen LogP contribution in [0.2, 0.25) is 0 Å². The number of thioether (sulfide) groups is 1. The zero-order chi connectivity index (χ0) is 14.1. The normalized spacial score (nSPS) is 22.3. The molecular formula is C14H27NO3S. The molecule has 2 unspecified atom stereocenters. The molecule has 1 aliphatic rings. The molecule has 1 rings (SSSR count). The predicted octanol–water partition coefficient (Wildman–Crippen LogP) is 2.52. The number of carboxylic acid groups (broad SMARTS) is 1. The standard InChI is InChI=1S/C14H27NO3S/c1-3-8-15-14(2,13(16)17)7-5-10-19-11-12-6-4-9-18-12/h12,15H,3-11H2,1-2H3,(H,16,17). The second-order valence-corrected chi connectivity index (χ2v) is 6.53. The third-order valence-electron chi connectivity index (χ3n) is 3.53. The summed E-state index contributed by atoms with van der Waals surface area (Å²) in [6.45, 7) is 5.50. The van der Waals surface area contributed by atoms with Crippen LogP contribution in [-0.4, -0.2) is 47.4 Å². The highest BCUT2D eigenvalue weighted by Gasteiger charge is 2.31. The second-order valence-electron chi connectivity index (χ2n) is 5.38. The van der Waals surface area contributed by atoms with E-state index in [1.807, 2.05) is 18.7 Å². The number of carbonyl (C=O) groups is 1. The van der Waals surface area contributed by atoms with E-state index >= 15 is 0 Å². The minimum atomic E-state index is -0.777. The fourth-order valence-corrected chi connectivity index (χ4v) is 3.23. The van der Waals surface area contributed by atoms with Gasteiger partial charge in [-0.1, -0.05) is 6.92 Å². The Morgan fingerprint density at radius 1 is 1.58 bits per heavy atom. The van der Waals surface area contributed by atoms with Crippen molar-refractivity contribution in [1.29, 1.82) is 0 Å². The van der Waals surface area contributed by atoms with Gasteiger partial charge in [-0.05, 0) is 51.3 Å². The maximum Gasteiger partial charge on any atom is 0.323 e. The molecule has 0 aromatic carbocycles. The highest BCUT2D eigenvalue weighted by molar-refractivity contribution is 7.99. The summed E-state index contributed by atoms with van der Waals surface area (Å²) < 4.78 is 5.56. The molecule has 0 saturated carbocycles. The maximum absolute atomic E-state index is 11.3. The average molecular weight is 289 g/mol. The van der Waals surface area contributed by atoms with Crippen LogP contribution in [-0.2, 0) is 9.53 Å². The van der Waals surface area contributed by atoms with E-state index in [1.54, 1.807) is 6.92 Å². The number of carboxylic acids is 1. The number of aliphatic carboxylic acids is 1. The zero-order valence-electron chi connectivity index (χ0n) is 12.1. The van der Waals surface area contributed by atoms with Crippen molar-refractivity contribution in [1.82, 2.24) is 5.32 Å². The van der Waals surface area contributed by atoms with Crippen molar-refractivity contribution in [2.24, 2.45) is 0 Å². The van der Waals surface area contributed by atoms with Gasteiger partial charge in [0, 0.05) is 12.4 Å². The lowest BCUT2D eigenvalue weighted by Crippen LogP contribution is -2.49. The Kier molecular flexibility index (Phi) is 7.80. The van der Waals surface area contributed by atoms with E-state index in [-0.39, 0.29) is 0 Å². The molecule has 2 atom stereocenters. The van der Waals surface area contributed by atoms with E-state index in [4.69, 9.17) is 4.74 Å². The molecule has 0 spiro atoms. The summed E-state index contributed by atoms with van der Waals surface area (Å²) in [6.07, 6.45) is 5.35. The number of hydrogen-bond donors (Lipinski definition) is 2. The van der Waals surface area contributed by atoms with Crippen molar-refractivity contribution in [3.8, 4) is 0 Å². The van der Waals surface area contributed by atoms with Crippen LogP contribution in [0.15, 0.2) is 0 Å². The molecule has 1 fully saturated rings. The summed E-state index contributed by atoms with van der Waals surface area (Å²) in [4.78, 5) is 11.3. The molecule has 1 saturated heterocycles. The Labute approximate surface area is 120 Å². The molecule has 0 amide bonds. The SMILES string of the molecule is CCCNC(C)(CCCSCC1CCCO1)C(=O)O. The Bertz CT molecular complexity index is 269. The molecule has 112 valence electrons. The van der Waals surface area contributed by atoms with Gasteiger partial charge in [-0.3, -0.25) is 4.79 Å². The minimum Gasteiger partial charge on any atom is -0.480 e. The molecule has 2 N–H and O–H groups in total. The molecule has 0 aromatic heterocycles. The molecule has 1 aliphatic heterocycles. The van der Waals surface area contributed by atoms with Crippen LogP contribution < -0.4 is 5.32 Å². The largest absolute Gasteiger partial charge is 0.480 e. The van der Waals surface area contributed by atoms with Crippen LogP contribution in [0.4, 0.5) is 0 Å². The summed E-state index contributed by atoms with van der Waals surface area (Å²) in [6, 6.07) is 0. The first-order valence-corrected chi connectivity index (χ1v) is 8.41. The van der Waals surface area contributed by atoms with E-state index < -0.39 is 11.5 Å². The minimum absolute atomic E-state index is 0.425. The van der Waals surface area contributed by atoms with Crippen LogP contribution in [0.3, 0.4) is 0 Å². The van der Waals surface area contributed by atoms with Crippen molar-refractivity contribution in [2.75, 3.05) is 24.7 Å². The van der Waals surface area contributed by atoms with Gasteiger partial charge >= 0.3 is 5.97 Å². The maximum atomic E-state index is 11.3. The van der Waals surface area contributed by atoms with Crippen LogP contribution in [0.25, 0.3) is 0 Å². The lowest BCUT2D eigenvalue weighted by Gasteiger charge is -2.26. The summed E-state index contributed by atoms with van der Waals surface area (Å²) in [7, 11) is 0. The van der Waals surface area contributed by atoms with Gasteiger partial charge in [-0.15, -0.1) is 0 Å². The van der Waals surface area contributed by atoms with E-state index in [2.05, 4.69) is 5.32 Å². The Hall–Kier alpha value is -0.260. The predicted molar refractivity (Wildman–Crippen MR) is 79.9 cm³/mol. The fourth-order valence-electron chi connectivity index (χ4n) is 2.19. The quantitative estimate of drug-likeness (QED) is 0.605. The van der Waals surface area contributed by atoms with Gasteiger partial charge in [0.15, 0.2) is 0 Å². The van der Waals surface area contributed by atoms with Crippen LogP contribution in [0.5, 0.6) is 0 Å². The number of ether oxygens (including phenoxy) is 1. The van der Waals surface area contributed by atoms with Gasteiger partial charge in [-0.25, -0.2) is 0 Å². The smallest absolute Gasteiger partial charge is 0.323 e. The third-order valence-corrected chi connectivity index (χ3v) is 4.72. The summed E-state index contributed by atoms with van der Waals surface area (Å²) in [5, 5.41) is 12.4. The summed E-state index contributed by atoms with van der Waals surface area (Å²) in [5.74, 6) is 1.31. The third kappa shape index (κ3) is 6.15. The lowest BCUT2D eigenvalue weighted by molar-refractivity contribution is -0.144. The molecule has 0 radical (unpaired) electrons. The van der Waals surface area contributed by atoms with Gasteiger partial charge < -0.3 is 15.2 Å². The number of nitrogens with one attached hydrogen (secondary N) is 1. The monoisotopic (exact) mass is 289 g/mol. The first-order valence-electron chi connectivity index (χ1n) is 7.26. The Balaban J connectivity index is 2.15. The van der Waals surface area contributed by atoms with E-state index in [0.717, 1.165) is 37.5 Å². The van der Waals surface area contributed by atoms with Gasteiger partial charge in [0.25, 0.3) is 0 Å². The first-order chi connectivity index (χ1) is 9.08. The van der Waals surface area contributed by atoms with E-state index in [1.165, 1.54) is 12.8 Å². The molecule has 0 aliphatic carbocycles. The van der Waals surface area contributed by atoms with Crippen LogP contribution >= 0.6 is 11.8 Å². The van der Waals surface area contributed by atoms with Crippen molar-refractivity contribution in [3.63, 3.8) is 0 Å². The molecule has 0 bridgehead atoms. The van der Waals surface area contributed by atoms with E-state index in [0.29, 0.717) is 12.5 Å². The Morgan fingerprint density at radius 3 is 2.95 bits per heavy atom.